The Kier molecular flexibility index (Phi) is 4.74. The van der Waals surface area contributed by atoms with Crippen molar-refractivity contribution in [2.24, 2.45) is 0 Å². The fourth-order valence-corrected chi connectivity index (χ4v) is 4.69. The zero-order valence-corrected chi connectivity index (χ0v) is 18.2. The van der Waals surface area contributed by atoms with Crippen LogP contribution in [0.1, 0.15) is 17.7 Å². The number of aromatic nitrogens is 1. The van der Waals surface area contributed by atoms with E-state index in [4.69, 9.17) is 18.9 Å². The zero-order chi connectivity index (χ0) is 21.5. The maximum absolute atomic E-state index is 5.93. The van der Waals surface area contributed by atoms with Crippen LogP contribution in [0.15, 0.2) is 54.6 Å². The van der Waals surface area contributed by atoms with Crippen molar-refractivity contribution in [3.05, 3.63) is 65.9 Å². The second-order valence-electron chi connectivity index (χ2n) is 7.54. The predicted molar refractivity (Wildman–Crippen MR) is 123 cm³/mol. The highest BCUT2D eigenvalue weighted by atomic mass is 16.5. The summed E-state index contributed by atoms with van der Waals surface area (Å²) in [6.45, 7) is 0. The molecule has 5 nitrogen and oxygen atoms in total. The first kappa shape index (κ1) is 19.4. The van der Waals surface area contributed by atoms with E-state index in [2.05, 4.69) is 34.7 Å². The number of aryl methyl sites for hydroxylation is 1. The summed E-state index contributed by atoms with van der Waals surface area (Å²) in [5, 5.41) is 2.10. The number of fused-ring (bicyclic) bond motifs is 6. The minimum Gasteiger partial charge on any atom is -0.496 e. The van der Waals surface area contributed by atoms with Gasteiger partial charge in [-0.1, -0.05) is 30.3 Å². The molecule has 1 aliphatic carbocycles. The molecular weight excluding hydrogens is 390 g/mol. The van der Waals surface area contributed by atoms with Crippen molar-refractivity contribution in [1.82, 2.24) is 4.40 Å². The molecule has 0 spiro atoms. The maximum Gasteiger partial charge on any atom is 0.241 e. The lowest BCUT2D eigenvalue weighted by molar-refractivity contribution is 0.342. The highest BCUT2D eigenvalue weighted by Crippen LogP contribution is 2.46. The third-order valence-electron chi connectivity index (χ3n) is 6.03. The number of rotatable bonds is 5. The average Bonchev–Trinajstić information content (AvgIpc) is 3.22. The topological polar surface area (TPSA) is 41.3 Å². The molecule has 5 heteroatoms. The first-order valence-electron chi connectivity index (χ1n) is 10.3. The zero-order valence-electron chi connectivity index (χ0n) is 18.2. The van der Waals surface area contributed by atoms with Crippen LogP contribution >= 0.6 is 0 Å². The molecule has 2 heterocycles. The Hall–Kier alpha value is -3.60. The van der Waals surface area contributed by atoms with Crippen LogP contribution in [-0.4, -0.2) is 32.8 Å². The van der Waals surface area contributed by atoms with Gasteiger partial charge in [-0.2, -0.15) is 0 Å². The number of hydrogen-bond donors (Lipinski definition) is 0. The molecule has 0 unspecified atom stereocenters. The number of hydrogen-bond acceptors (Lipinski definition) is 4. The van der Waals surface area contributed by atoms with Crippen LogP contribution < -0.4 is 14.2 Å². The molecule has 4 aromatic rings. The molecule has 0 saturated heterocycles. The van der Waals surface area contributed by atoms with Crippen molar-refractivity contribution in [1.29, 1.82) is 0 Å². The third-order valence-corrected chi connectivity index (χ3v) is 6.03. The van der Waals surface area contributed by atoms with Crippen molar-refractivity contribution in [3.63, 3.8) is 0 Å². The molecular formula is C26H25NO4. The highest BCUT2D eigenvalue weighted by molar-refractivity contribution is 6.08. The van der Waals surface area contributed by atoms with Crippen LogP contribution in [0.3, 0.4) is 0 Å². The molecule has 0 atom stereocenters. The molecule has 0 N–H and O–H groups in total. The van der Waals surface area contributed by atoms with E-state index in [1.807, 2.05) is 24.3 Å². The van der Waals surface area contributed by atoms with Gasteiger partial charge in [0.15, 0.2) is 5.75 Å². The fourth-order valence-electron chi connectivity index (χ4n) is 4.69. The molecule has 5 rings (SSSR count). The Morgan fingerprint density at radius 2 is 1.55 bits per heavy atom. The summed E-state index contributed by atoms with van der Waals surface area (Å²) in [4.78, 5) is 0. The lowest BCUT2D eigenvalue weighted by Gasteiger charge is -2.24. The Morgan fingerprint density at radius 3 is 2.23 bits per heavy atom. The molecule has 0 amide bonds. The van der Waals surface area contributed by atoms with E-state index in [1.54, 1.807) is 28.4 Å². The molecule has 0 aliphatic heterocycles. The van der Waals surface area contributed by atoms with E-state index in [0.717, 1.165) is 63.0 Å². The largest absolute Gasteiger partial charge is 0.496 e. The van der Waals surface area contributed by atoms with Crippen LogP contribution in [0.2, 0.25) is 0 Å². The molecule has 0 saturated carbocycles. The molecule has 1 aliphatic rings. The smallest absolute Gasteiger partial charge is 0.241 e. The normalized spacial score (nSPS) is 13.1. The molecule has 31 heavy (non-hydrogen) atoms. The standard InChI is InChI=1S/C26H25NO4/c1-28-21-12-8-11-19-25(21)24-18(20-15-23(30-3)26(31-4)27(19)20)13-17(14-22(24)29-2)16-9-6-5-7-10-16/h5-7,9-10,12-15H,8,11H2,1-4H3. The van der Waals surface area contributed by atoms with Gasteiger partial charge in [0.25, 0.3) is 0 Å². The van der Waals surface area contributed by atoms with Gasteiger partial charge in [0.05, 0.1) is 34.0 Å². The van der Waals surface area contributed by atoms with Gasteiger partial charge in [-0.15, -0.1) is 0 Å². The summed E-state index contributed by atoms with van der Waals surface area (Å²) >= 11 is 0. The van der Waals surface area contributed by atoms with Crippen LogP contribution in [0.5, 0.6) is 17.4 Å². The molecule has 2 aromatic heterocycles. The maximum atomic E-state index is 5.93. The van der Waals surface area contributed by atoms with E-state index in [0.29, 0.717) is 11.6 Å². The van der Waals surface area contributed by atoms with E-state index >= 15 is 0 Å². The van der Waals surface area contributed by atoms with E-state index < -0.39 is 0 Å². The van der Waals surface area contributed by atoms with E-state index in [9.17, 15) is 0 Å². The Labute approximate surface area is 181 Å². The molecule has 2 aromatic carbocycles. The third kappa shape index (κ3) is 2.84. The van der Waals surface area contributed by atoms with Crippen molar-refractivity contribution in [3.8, 4) is 28.5 Å². The molecule has 0 radical (unpaired) electrons. The minimum absolute atomic E-state index is 0.692. The van der Waals surface area contributed by atoms with Gasteiger partial charge in [0.1, 0.15) is 11.5 Å². The summed E-state index contributed by atoms with van der Waals surface area (Å²) in [7, 11) is 6.79. The summed E-state index contributed by atoms with van der Waals surface area (Å²) in [5.41, 5.74) is 5.42. The summed E-state index contributed by atoms with van der Waals surface area (Å²) in [6, 6.07) is 16.7. The van der Waals surface area contributed by atoms with Gasteiger partial charge in [0.2, 0.25) is 5.88 Å². The van der Waals surface area contributed by atoms with Gasteiger partial charge in [-0.05, 0) is 42.2 Å². The van der Waals surface area contributed by atoms with Crippen LogP contribution in [0.25, 0.3) is 33.2 Å². The monoisotopic (exact) mass is 415 g/mol. The minimum atomic E-state index is 0.692. The number of nitrogens with zero attached hydrogens (tertiary/aromatic N) is 1. The van der Waals surface area contributed by atoms with Gasteiger partial charge in [-0.25, -0.2) is 0 Å². The number of ether oxygens (including phenoxy) is 4. The van der Waals surface area contributed by atoms with E-state index in [-0.39, 0.29) is 0 Å². The van der Waals surface area contributed by atoms with Crippen molar-refractivity contribution in [2.75, 3.05) is 28.4 Å². The second kappa shape index (κ2) is 7.58. The first-order chi connectivity index (χ1) is 15.2. The number of benzene rings is 2. The summed E-state index contributed by atoms with van der Waals surface area (Å²) in [6.07, 6.45) is 3.91. The SMILES string of the molecule is COC1=CCCc2c1c1c(OC)cc(-c3ccccc3)cc1c1cc(OC)c(OC)n21. The molecule has 158 valence electrons. The quantitative estimate of drug-likeness (QED) is 0.418. The van der Waals surface area contributed by atoms with Crippen LogP contribution in [0, 0.1) is 0 Å². The highest BCUT2D eigenvalue weighted by Gasteiger charge is 2.27. The number of pyridine rings is 1. The lowest BCUT2D eigenvalue weighted by Crippen LogP contribution is -2.10. The predicted octanol–water partition coefficient (Wildman–Crippen LogP) is 5.72. The van der Waals surface area contributed by atoms with Gasteiger partial charge >= 0.3 is 0 Å². The lowest BCUT2D eigenvalue weighted by atomic mass is 9.91. The van der Waals surface area contributed by atoms with Crippen molar-refractivity contribution in [2.45, 2.75) is 12.8 Å². The first-order valence-corrected chi connectivity index (χ1v) is 10.3. The number of methoxy groups -OCH3 is 4. The van der Waals surface area contributed by atoms with Crippen molar-refractivity contribution < 1.29 is 18.9 Å². The average molecular weight is 415 g/mol. The molecule has 0 bridgehead atoms. The fraction of sp³-hybridized carbons (Fsp3) is 0.231. The van der Waals surface area contributed by atoms with Crippen LogP contribution in [0.4, 0.5) is 0 Å². The Bertz CT molecular complexity index is 1320. The van der Waals surface area contributed by atoms with Gasteiger partial charge in [-0.3, -0.25) is 4.40 Å². The van der Waals surface area contributed by atoms with E-state index in [1.165, 1.54) is 0 Å². The Balaban J connectivity index is 2.00. The number of allylic oxidation sites excluding steroid dienone is 1. The molecule has 0 fully saturated rings. The van der Waals surface area contributed by atoms with Crippen molar-refractivity contribution >= 4 is 22.0 Å². The summed E-state index contributed by atoms with van der Waals surface area (Å²) < 4.78 is 25.4. The van der Waals surface area contributed by atoms with Crippen LogP contribution in [-0.2, 0) is 11.2 Å². The summed E-state index contributed by atoms with van der Waals surface area (Å²) in [5.74, 6) is 3.07. The Morgan fingerprint density at radius 1 is 0.774 bits per heavy atom. The second-order valence-corrected chi connectivity index (χ2v) is 7.54. The van der Waals surface area contributed by atoms with Gasteiger partial charge in [0, 0.05) is 28.1 Å². The van der Waals surface area contributed by atoms with Gasteiger partial charge < -0.3 is 18.9 Å².